The van der Waals surface area contributed by atoms with E-state index in [1.807, 2.05) is 61.1 Å². The Morgan fingerprint density at radius 1 is 1.08 bits per heavy atom. The van der Waals surface area contributed by atoms with Gasteiger partial charge in [0.15, 0.2) is 16.1 Å². The minimum Gasteiger partial charge on any atom is -0.342 e. The molecule has 37 heavy (non-hydrogen) atoms. The van der Waals surface area contributed by atoms with Crippen LogP contribution in [0.15, 0.2) is 65.1 Å². The molecule has 0 aliphatic heterocycles. The van der Waals surface area contributed by atoms with Crippen LogP contribution in [0.1, 0.15) is 43.0 Å². The van der Waals surface area contributed by atoms with Crippen molar-refractivity contribution in [2.24, 2.45) is 5.92 Å². The number of benzene rings is 2. The van der Waals surface area contributed by atoms with E-state index < -0.39 is 0 Å². The molecule has 2 amide bonds. The number of hydrogen-bond acceptors (Lipinski definition) is 7. The molecule has 0 saturated heterocycles. The molecule has 0 aliphatic rings. The molecule has 4 rings (SSSR count). The van der Waals surface area contributed by atoms with Crippen molar-refractivity contribution < 1.29 is 9.59 Å². The predicted molar refractivity (Wildman–Crippen MR) is 149 cm³/mol. The van der Waals surface area contributed by atoms with Gasteiger partial charge in [-0.05, 0) is 25.0 Å². The van der Waals surface area contributed by atoms with Crippen molar-refractivity contribution in [1.82, 2.24) is 25.1 Å². The van der Waals surface area contributed by atoms with Crippen LogP contribution in [-0.2, 0) is 11.3 Å². The van der Waals surface area contributed by atoms with E-state index in [-0.39, 0.29) is 29.5 Å². The van der Waals surface area contributed by atoms with Crippen LogP contribution in [0.4, 0.5) is 5.13 Å². The number of hydrogen-bond donors (Lipinski definition) is 2. The first-order valence-electron chi connectivity index (χ1n) is 11.8. The lowest BCUT2D eigenvalue weighted by Gasteiger charge is -2.22. The highest BCUT2D eigenvalue weighted by Crippen LogP contribution is 2.27. The molecule has 0 aliphatic carbocycles. The van der Waals surface area contributed by atoms with E-state index in [1.165, 1.54) is 23.1 Å². The fraction of sp³-hybridized carbons (Fsp3) is 0.269. The second-order valence-corrected chi connectivity index (χ2v) is 10.7. The lowest BCUT2D eigenvalue weighted by atomic mass is 10.0. The number of thiazole rings is 1. The molecule has 0 unspecified atom stereocenters. The maximum atomic E-state index is 12.9. The van der Waals surface area contributed by atoms with Crippen molar-refractivity contribution in [2.75, 3.05) is 11.1 Å². The Morgan fingerprint density at radius 3 is 2.51 bits per heavy atom. The molecule has 0 spiro atoms. The van der Waals surface area contributed by atoms with Crippen LogP contribution in [0.3, 0.4) is 0 Å². The maximum Gasteiger partial charge on any atom is 0.253 e. The zero-order chi connectivity index (χ0) is 26.4. The lowest BCUT2D eigenvalue weighted by Crippen LogP contribution is -2.34. The highest BCUT2D eigenvalue weighted by Gasteiger charge is 2.27. The summed E-state index contributed by atoms with van der Waals surface area (Å²) in [5, 5.41) is 18.1. The minimum atomic E-state index is -0.383. The molecular weight excluding hydrogens is 528 g/mol. The first kappa shape index (κ1) is 26.8. The summed E-state index contributed by atoms with van der Waals surface area (Å²) < 4.78 is 1.92. The largest absolute Gasteiger partial charge is 0.342 e. The highest BCUT2D eigenvalue weighted by molar-refractivity contribution is 7.99. The average Bonchev–Trinajstić information content (AvgIpc) is 3.53. The van der Waals surface area contributed by atoms with Crippen molar-refractivity contribution in [3.8, 4) is 11.3 Å². The summed E-state index contributed by atoms with van der Waals surface area (Å²) in [5.41, 5.74) is 2.22. The Hall–Kier alpha value is -3.21. The Kier molecular flexibility index (Phi) is 8.96. The fourth-order valence-electron chi connectivity index (χ4n) is 3.69. The van der Waals surface area contributed by atoms with Crippen LogP contribution in [-0.4, -0.2) is 37.3 Å². The van der Waals surface area contributed by atoms with Gasteiger partial charge < -0.3 is 15.2 Å². The quantitative estimate of drug-likeness (QED) is 0.235. The molecule has 2 aromatic heterocycles. The van der Waals surface area contributed by atoms with Crippen molar-refractivity contribution in [3.63, 3.8) is 0 Å². The number of nitrogens with zero attached hydrogens (tertiary/aromatic N) is 4. The molecule has 0 fully saturated rings. The molecule has 0 radical (unpaired) electrons. The Balaban J connectivity index is 1.42. The summed E-state index contributed by atoms with van der Waals surface area (Å²) in [6, 6.07) is 16.4. The second kappa shape index (κ2) is 12.4. The van der Waals surface area contributed by atoms with E-state index in [2.05, 4.69) is 25.8 Å². The van der Waals surface area contributed by atoms with Crippen LogP contribution in [0.5, 0.6) is 0 Å². The van der Waals surface area contributed by atoms with Gasteiger partial charge in [-0.1, -0.05) is 79.7 Å². The van der Waals surface area contributed by atoms with Gasteiger partial charge in [0.1, 0.15) is 0 Å². The maximum absolute atomic E-state index is 12.9. The van der Waals surface area contributed by atoms with Gasteiger partial charge in [-0.25, -0.2) is 4.98 Å². The summed E-state index contributed by atoms with van der Waals surface area (Å²) in [7, 11) is 0. The van der Waals surface area contributed by atoms with E-state index >= 15 is 0 Å². The number of carbonyl (C=O) groups is 2. The van der Waals surface area contributed by atoms with E-state index in [4.69, 9.17) is 11.6 Å². The number of aromatic nitrogens is 4. The van der Waals surface area contributed by atoms with E-state index in [0.717, 1.165) is 11.3 Å². The molecule has 11 heteroatoms. The van der Waals surface area contributed by atoms with Gasteiger partial charge in [0.2, 0.25) is 5.91 Å². The van der Waals surface area contributed by atoms with Gasteiger partial charge in [-0.15, -0.1) is 21.5 Å². The summed E-state index contributed by atoms with van der Waals surface area (Å²) in [5.74, 6) is 0.371. The molecule has 2 aromatic carbocycles. The number of amides is 2. The minimum absolute atomic E-state index is 0.0470. The fourth-order valence-corrected chi connectivity index (χ4v) is 5.45. The van der Waals surface area contributed by atoms with Crippen LogP contribution in [0.25, 0.3) is 11.3 Å². The van der Waals surface area contributed by atoms with Crippen LogP contribution < -0.4 is 10.6 Å². The van der Waals surface area contributed by atoms with Gasteiger partial charge in [0.05, 0.1) is 28.1 Å². The normalized spacial score (nSPS) is 11.9. The van der Waals surface area contributed by atoms with Crippen molar-refractivity contribution in [1.29, 1.82) is 0 Å². The smallest absolute Gasteiger partial charge is 0.253 e. The lowest BCUT2D eigenvalue weighted by molar-refractivity contribution is -0.113. The third kappa shape index (κ3) is 6.57. The first-order chi connectivity index (χ1) is 17.9. The number of carbonyl (C=O) groups excluding carboxylic acids is 2. The number of thioether (sulfide) groups is 1. The summed E-state index contributed by atoms with van der Waals surface area (Å²) >= 11 is 8.89. The Morgan fingerprint density at radius 2 is 1.81 bits per heavy atom. The van der Waals surface area contributed by atoms with Crippen LogP contribution >= 0.6 is 34.7 Å². The third-order valence-corrected chi connectivity index (χ3v) is 7.62. The average molecular weight is 555 g/mol. The molecule has 192 valence electrons. The number of anilines is 1. The highest BCUT2D eigenvalue weighted by atomic mass is 35.5. The molecule has 1 atom stereocenters. The van der Waals surface area contributed by atoms with Gasteiger partial charge in [0.25, 0.3) is 5.91 Å². The van der Waals surface area contributed by atoms with Crippen LogP contribution in [0, 0.1) is 5.92 Å². The zero-order valence-electron chi connectivity index (χ0n) is 20.6. The Labute approximate surface area is 228 Å². The summed E-state index contributed by atoms with van der Waals surface area (Å²) in [6.45, 7) is 6.57. The number of nitrogens with one attached hydrogen (secondary N) is 2. The topological polar surface area (TPSA) is 102 Å². The van der Waals surface area contributed by atoms with Crippen molar-refractivity contribution >= 4 is 51.6 Å². The molecule has 0 saturated carbocycles. The van der Waals surface area contributed by atoms with Crippen molar-refractivity contribution in [3.05, 3.63) is 76.4 Å². The number of halogens is 1. The standard InChI is InChI=1S/C26H27ClN6O2S2/c1-4-33-23(22(16(2)3)30-24(35)18-12-8-9-13-19(18)27)31-32-26(33)37-15-21(34)29-25-28-20(14-36-25)17-10-6-5-7-11-17/h5-14,16,22H,4,15H2,1-3H3,(H,30,35)(H,28,29,34)/t22-/m1/s1. The molecule has 2 heterocycles. The van der Waals surface area contributed by atoms with Gasteiger partial charge in [-0.2, -0.15) is 0 Å². The second-order valence-electron chi connectivity index (χ2n) is 8.50. The first-order valence-corrected chi connectivity index (χ1v) is 14.0. The monoisotopic (exact) mass is 554 g/mol. The zero-order valence-corrected chi connectivity index (χ0v) is 23.0. The molecule has 4 aromatic rings. The van der Waals surface area contributed by atoms with E-state index in [0.29, 0.717) is 33.2 Å². The van der Waals surface area contributed by atoms with Crippen LogP contribution in [0.2, 0.25) is 5.02 Å². The summed E-state index contributed by atoms with van der Waals surface area (Å²) in [4.78, 5) is 30.1. The summed E-state index contributed by atoms with van der Waals surface area (Å²) in [6.07, 6.45) is 0. The SMILES string of the molecule is CCn1c(SCC(=O)Nc2nc(-c3ccccc3)cs2)nnc1[C@H](NC(=O)c1ccccc1Cl)C(C)C. The Bertz CT molecular complexity index is 1370. The molecular formula is C26H27ClN6O2S2. The molecule has 0 bridgehead atoms. The van der Waals surface area contributed by atoms with E-state index in [1.54, 1.807) is 24.3 Å². The van der Waals surface area contributed by atoms with Gasteiger partial charge in [-0.3, -0.25) is 9.59 Å². The third-order valence-electron chi connectivity index (χ3n) is 5.56. The van der Waals surface area contributed by atoms with Gasteiger partial charge >= 0.3 is 0 Å². The van der Waals surface area contributed by atoms with E-state index in [9.17, 15) is 9.59 Å². The van der Waals surface area contributed by atoms with Crippen molar-refractivity contribution in [2.45, 2.75) is 38.5 Å². The van der Waals surface area contributed by atoms with Gasteiger partial charge in [0, 0.05) is 17.5 Å². The molecule has 8 nitrogen and oxygen atoms in total. The predicted octanol–water partition coefficient (Wildman–Crippen LogP) is 5.93. The number of rotatable bonds is 10. The molecule has 2 N–H and O–H groups in total.